The van der Waals surface area contributed by atoms with E-state index in [9.17, 15) is 9.59 Å². The lowest BCUT2D eigenvalue weighted by atomic mass is 9.99. The smallest absolute Gasteiger partial charge is 0.266 e. The van der Waals surface area contributed by atoms with Crippen molar-refractivity contribution in [2.45, 2.75) is 26.7 Å². The number of nitrogens with zero attached hydrogens (tertiary/aromatic N) is 1. The molecule has 1 aromatic carbocycles. The Labute approximate surface area is 156 Å². The van der Waals surface area contributed by atoms with Gasteiger partial charge in [0, 0.05) is 17.1 Å². The van der Waals surface area contributed by atoms with Crippen molar-refractivity contribution in [2.75, 3.05) is 13.2 Å². The number of hydrogen-bond donors (Lipinski definition) is 2. The summed E-state index contributed by atoms with van der Waals surface area (Å²) in [6, 6.07) is 8.91. The molecule has 2 N–H and O–H groups in total. The van der Waals surface area contributed by atoms with Gasteiger partial charge >= 0.3 is 0 Å². The fourth-order valence-corrected chi connectivity index (χ4v) is 2.76. The van der Waals surface area contributed by atoms with Crippen LogP contribution in [0.4, 0.5) is 0 Å². The first-order valence-electron chi connectivity index (χ1n) is 8.20. The van der Waals surface area contributed by atoms with Crippen molar-refractivity contribution in [3.63, 3.8) is 0 Å². The van der Waals surface area contributed by atoms with Crippen molar-refractivity contribution < 1.29 is 9.53 Å². The third-order valence-electron chi connectivity index (χ3n) is 4.03. The number of aromatic amines is 1. The molecular formula is C19H20ClN3O3. The molecule has 0 spiro atoms. The van der Waals surface area contributed by atoms with Gasteiger partial charge < -0.3 is 15.0 Å². The number of H-pyrrole nitrogens is 1. The molecule has 0 saturated heterocycles. The number of rotatable bonds is 7. The normalized spacial score (nSPS) is 10.2. The average molecular weight is 374 g/mol. The number of hydrogen-bond acceptors (Lipinski definition) is 4. The molecule has 0 atom stereocenters. The Bertz CT molecular complexity index is 883. The zero-order chi connectivity index (χ0) is 19.1. The molecule has 0 aliphatic heterocycles. The minimum Gasteiger partial charge on any atom is -0.492 e. The zero-order valence-corrected chi connectivity index (χ0v) is 15.4. The van der Waals surface area contributed by atoms with Crippen LogP contribution < -0.4 is 15.6 Å². The van der Waals surface area contributed by atoms with Gasteiger partial charge in [-0.15, -0.1) is 0 Å². The quantitative estimate of drug-likeness (QED) is 0.729. The first kappa shape index (κ1) is 19.5. The minimum absolute atomic E-state index is 0.0994. The molecule has 0 aliphatic rings. The van der Waals surface area contributed by atoms with Crippen LogP contribution in [0, 0.1) is 25.2 Å². The van der Waals surface area contributed by atoms with Crippen LogP contribution >= 0.6 is 11.6 Å². The van der Waals surface area contributed by atoms with E-state index < -0.39 is 5.56 Å². The van der Waals surface area contributed by atoms with Gasteiger partial charge in [0.2, 0.25) is 5.91 Å². The van der Waals surface area contributed by atoms with Gasteiger partial charge in [-0.25, -0.2) is 0 Å². The van der Waals surface area contributed by atoms with Crippen LogP contribution in [0.1, 0.15) is 28.8 Å². The van der Waals surface area contributed by atoms with E-state index in [4.69, 9.17) is 21.6 Å². The van der Waals surface area contributed by atoms with Gasteiger partial charge in [-0.2, -0.15) is 5.26 Å². The zero-order valence-electron chi connectivity index (χ0n) is 14.7. The molecule has 0 unspecified atom stereocenters. The maximum atomic E-state index is 12.0. The standard InChI is InChI=1S/C19H20ClN3O3/c1-12-16(13(2)23-19(25)17(12)11-21)7-8-18(24)22-9-10-26-15-5-3-14(20)4-6-15/h3-6H,7-10H2,1-2H3,(H,22,24)(H,23,25). The van der Waals surface area contributed by atoms with Gasteiger partial charge in [0.05, 0.1) is 6.54 Å². The highest BCUT2D eigenvalue weighted by Crippen LogP contribution is 2.16. The molecular weight excluding hydrogens is 354 g/mol. The van der Waals surface area contributed by atoms with Crippen LogP contribution in [0.15, 0.2) is 29.1 Å². The second-order valence-electron chi connectivity index (χ2n) is 5.82. The largest absolute Gasteiger partial charge is 0.492 e. The number of carbonyl (C=O) groups excluding carboxylic acids is 1. The maximum absolute atomic E-state index is 12.0. The van der Waals surface area contributed by atoms with E-state index in [0.717, 1.165) is 5.56 Å². The molecule has 1 aromatic heterocycles. The van der Waals surface area contributed by atoms with Crippen molar-refractivity contribution >= 4 is 17.5 Å². The van der Waals surface area contributed by atoms with Crippen molar-refractivity contribution in [1.29, 1.82) is 5.26 Å². The van der Waals surface area contributed by atoms with Gasteiger partial charge in [-0.1, -0.05) is 11.6 Å². The molecule has 0 aliphatic carbocycles. The minimum atomic E-state index is -0.393. The van der Waals surface area contributed by atoms with E-state index in [1.54, 1.807) is 38.1 Å². The number of carbonyl (C=O) groups is 1. The molecule has 2 rings (SSSR count). The number of nitrogens with one attached hydrogen (secondary N) is 2. The summed E-state index contributed by atoms with van der Waals surface area (Å²) in [4.78, 5) is 26.4. The van der Waals surface area contributed by atoms with E-state index in [2.05, 4.69) is 10.3 Å². The monoisotopic (exact) mass is 373 g/mol. The Morgan fingerprint density at radius 3 is 2.65 bits per heavy atom. The highest BCUT2D eigenvalue weighted by Gasteiger charge is 2.13. The Morgan fingerprint density at radius 2 is 2.00 bits per heavy atom. The molecule has 0 radical (unpaired) electrons. The lowest BCUT2D eigenvalue weighted by molar-refractivity contribution is -0.121. The van der Waals surface area contributed by atoms with Crippen LogP contribution in [0.5, 0.6) is 5.75 Å². The number of pyridine rings is 1. The Morgan fingerprint density at radius 1 is 1.31 bits per heavy atom. The first-order valence-corrected chi connectivity index (χ1v) is 8.57. The number of amides is 1. The van der Waals surface area contributed by atoms with E-state index in [-0.39, 0.29) is 17.9 Å². The average Bonchev–Trinajstić information content (AvgIpc) is 2.60. The SMILES string of the molecule is Cc1[nH]c(=O)c(C#N)c(C)c1CCC(=O)NCCOc1ccc(Cl)cc1. The van der Waals surface area contributed by atoms with E-state index in [1.807, 2.05) is 6.07 Å². The molecule has 1 heterocycles. The van der Waals surface area contributed by atoms with Crippen molar-refractivity contribution in [3.8, 4) is 11.8 Å². The van der Waals surface area contributed by atoms with Gasteiger partial charge in [0.15, 0.2) is 0 Å². The third-order valence-corrected chi connectivity index (χ3v) is 4.28. The van der Waals surface area contributed by atoms with Crippen molar-refractivity contribution in [2.24, 2.45) is 0 Å². The number of benzene rings is 1. The van der Waals surface area contributed by atoms with Crippen LogP contribution in [0.2, 0.25) is 5.02 Å². The summed E-state index contributed by atoms with van der Waals surface area (Å²) in [6.45, 7) is 4.23. The lowest BCUT2D eigenvalue weighted by Crippen LogP contribution is -2.28. The summed E-state index contributed by atoms with van der Waals surface area (Å²) in [5.41, 5.74) is 1.85. The summed E-state index contributed by atoms with van der Waals surface area (Å²) >= 11 is 5.80. The number of aromatic nitrogens is 1. The molecule has 1 amide bonds. The Kier molecular flexibility index (Phi) is 6.81. The number of halogens is 1. The van der Waals surface area contributed by atoms with Gasteiger partial charge in [0.25, 0.3) is 5.56 Å². The molecule has 136 valence electrons. The van der Waals surface area contributed by atoms with E-state index in [0.29, 0.717) is 41.6 Å². The second kappa shape index (κ2) is 9.07. The first-order chi connectivity index (χ1) is 12.4. The van der Waals surface area contributed by atoms with Crippen molar-refractivity contribution in [1.82, 2.24) is 10.3 Å². The molecule has 26 heavy (non-hydrogen) atoms. The maximum Gasteiger partial charge on any atom is 0.266 e. The number of nitriles is 1. The predicted molar refractivity (Wildman–Crippen MR) is 99.5 cm³/mol. The molecule has 7 heteroatoms. The van der Waals surface area contributed by atoms with Crippen LogP contribution in [0.3, 0.4) is 0 Å². The number of aryl methyl sites for hydroxylation is 1. The van der Waals surface area contributed by atoms with Crippen molar-refractivity contribution in [3.05, 3.63) is 62.0 Å². The van der Waals surface area contributed by atoms with E-state index in [1.165, 1.54) is 0 Å². The second-order valence-corrected chi connectivity index (χ2v) is 6.26. The molecule has 2 aromatic rings. The Balaban J connectivity index is 1.81. The highest BCUT2D eigenvalue weighted by molar-refractivity contribution is 6.30. The molecule has 0 fully saturated rings. The third kappa shape index (κ3) is 5.11. The summed E-state index contributed by atoms with van der Waals surface area (Å²) in [7, 11) is 0. The summed E-state index contributed by atoms with van der Waals surface area (Å²) in [5, 5.41) is 12.5. The van der Waals surface area contributed by atoms with Crippen LogP contribution in [-0.2, 0) is 11.2 Å². The van der Waals surface area contributed by atoms with Gasteiger partial charge in [-0.3, -0.25) is 9.59 Å². The Hall–Kier alpha value is -2.78. The van der Waals surface area contributed by atoms with Gasteiger partial charge in [0.1, 0.15) is 24.0 Å². The molecule has 0 saturated carbocycles. The fraction of sp³-hybridized carbons (Fsp3) is 0.316. The highest BCUT2D eigenvalue weighted by atomic mass is 35.5. The predicted octanol–water partition coefficient (Wildman–Crippen LogP) is 2.64. The van der Waals surface area contributed by atoms with Gasteiger partial charge in [-0.05, 0) is 55.7 Å². The topological polar surface area (TPSA) is 95.0 Å². The fourth-order valence-electron chi connectivity index (χ4n) is 2.64. The summed E-state index contributed by atoms with van der Waals surface area (Å²) in [6.07, 6.45) is 0.715. The molecule has 0 bridgehead atoms. The summed E-state index contributed by atoms with van der Waals surface area (Å²) in [5.74, 6) is 0.570. The van der Waals surface area contributed by atoms with Crippen LogP contribution in [0.25, 0.3) is 0 Å². The van der Waals surface area contributed by atoms with E-state index >= 15 is 0 Å². The number of ether oxygens (including phenoxy) is 1. The molecule has 6 nitrogen and oxygen atoms in total. The lowest BCUT2D eigenvalue weighted by Gasteiger charge is -2.11. The van der Waals surface area contributed by atoms with Crippen LogP contribution in [-0.4, -0.2) is 24.0 Å². The summed E-state index contributed by atoms with van der Waals surface area (Å²) < 4.78 is 5.51.